The lowest BCUT2D eigenvalue weighted by molar-refractivity contribution is 0.947. The molecule has 0 aliphatic rings. The fraction of sp³-hybridized carbons (Fsp3) is 0.111. The van der Waals surface area contributed by atoms with Crippen molar-refractivity contribution < 1.29 is 0 Å². The standard InChI is InChI=1S/C9H9N3S/c1-12-5-7(8(10)13)6-3-2-4-11-9(6)12/h2-5H,1H3,(H2,10,13). The molecule has 66 valence electrons. The molecule has 0 saturated heterocycles. The highest BCUT2D eigenvalue weighted by Crippen LogP contribution is 2.17. The van der Waals surface area contributed by atoms with Gasteiger partial charge >= 0.3 is 0 Å². The van der Waals surface area contributed by atoms with Gasteiger partial charge in [0.25, 0.3) is 0 Å². The first kappa shape index (κ1) is 8.19. The molecule has 13 heavy (non-hydrogen) atoms. The van der Waals surface area contributed by atoms with Crippen LogP contribution in [0.2, 0.25) is 0 Å². The molecule has 0 aliphatic heterocycles. The summed E-state index contributed by atoms with van der Waals surface area (Å²) in [6.45, 7) is 0. The molecule has 2 heterocycles. The SMILES string of the molecule is Cn1cc(C(N)=S)c2cccnc21. The van der Waals surface area contributed by atoms with E-state index in [4.69, 9.17) is 18.0 Å². The third kappa shape index (κ3) is 1.19. The lowest BCUT2D eigenvalue weighted by atomic mass is 10.2. The molecule has 2 rings (SSSR count). The number of nitrogens with two attached hydrogens (primary N) is 1. The Balaban J connectivity index is 2.85. The van der Waals surface area contributed by atoms with Crippen molar-refractivity contribution in [1.82, 2.24) is 9.55 Å². The second-order valence-electron chi connectivity index (χ2n) is 2.89. The third-order valence-corrected chi connectivity index (χ3v) is 2.22. The van der Waals surface area contributed by atoms with Crippen molar-refractivity contribution in [2.24, 2.45) is 12.8 Å². The summed E-state index contributed by atoms with van der Waals surface area (Å²) in [5.74, 6) is 0. The summed E-state index contributed by atoms with van der Waals surface area (Å²) in [6, 6.07) is 3.85. The highest BCUT2D eigenvalue weighted by Gasteiger charge is 2.07. The molecule has 0 spiro atoms. The summed E-state index contributed by atoms with van der Waals surface area (Å²) in [6.07, 6.45) is 3.66. The van der Waals surface area contributed by atoms with Gasteiger partial charge in [-0.25, -0.2) is 4.98 Å². The summed E-state index contributed by atoms with van der Waals surface area (Å²) < 4.78 is 1.92. The van der Waals surface area contributed by atoms with E-state index in [2.05, 4.69) is 4.98 Å². The van der Waals surface area contributed by atoms with Crippen molar-refractivity contribution in [3.05, 3.63) is 30.1 Å². The van der Waals surface area contributed by atoms with Gasteiger partial charge in [0.2, 0.25) is 0 Å². The van der Waals surface area contributed by atoms with Gasteiger partial charge < -0.3 is 10.3 Å². The van der Waals surface area contributed by atoms with Gasteiger partial charge in [-0.3, -0.25) is 0 Å². The van der Waals surface area contributed by atoms with Gasteiger partial charge in [-0.05, 0) is 12.1 Å². The van der Waals surface area contributed by atoms with Gasteiger partial charge in [-0.1, -0.05) is 12.2 Å². The summed E-state index contributed by atoms with van der Waals surface area (Å²) in [5, 5.41) is 1.01. The van der Waals surface area contributed by atoms with E-state index >= 15 is 0 Å². The number of rotatable bonds is 1. The van der Waals surface area contributed by atoms with Crippen LogP contribution in [-0.2, 0) is 7.05 Å². The van der Waals surface area contributed by atoms with Gasteiger partial charge in [-0.15, -0.1) is 0 Å². The van der Waals surface area contributed by atoms with Gasteiger partial charge in [0, 0.05) is 30.4 Å². The molecule has 3 nitrogen and oxygen atoms in total. The van der Waals surface area contributed by atoms with Crippen LogP contribution in [0.3, 0.4) is 0 Å². The largest absolute Gasteiger partial charge is 0.389 e. The zero-order valence-electron chi connectivity index (χ0n) is 7.19. The molecule has 2 N–H and O–H groups in total. The quantitative estimate of drug-likeness (QED) is 0.689. The number of pyridine rings is 1. The molecule has 0 radical (unpaired) electrons. The van der Waals surface area contributed by atoms with Crippen molar-refractivity contribution in [2.75, 3.05) is 0 Å². The predicted octanol–water partition coefficient (Wildman–Crippen LogP) is 1.21. The normalized spacial score (nSPS) is 10.5. The van der Waals surface area contributed by atoms with Gasteiger partial charge in [-0.2, -0.15) is 0 Å². The Morgan fingerprint density at radius 1 is 1.62 bits per heavy atom. The van der Waals surface area contributed by atoms with Crippen LogP contribution in [0.1, 0.15) is 5.56 Å². The van der Waals surface area contributed by atoms with E-state index in [1.165, 1.54) is 0 Å². The number of aryl methyl sites for hydroxylation is 1. The van der Waals surface area contributed by atoms with Crippen molar-refractivity contribution in [2.45, 2.75) is 0 Å². The van der Waals surface area contributed by atoms with E-state index in [-0.39, 0.29) is 0 Å². The van der Waals surface area contributed by atoms with Crippen molar-refractivity contribution in [3.8, 4) is 0 Å². The fourth-order valence-corrected chi connectivity index (χ4v) is 1.57. The average Bonchev–Trinajstić information content (AvgIpc) is 2.45. The van der Waals surface area contributed by atoms with Crippen LogP contribution in [0, 0.1) is 0 Å². The average molecular weight is 191 g/mol. The van der Waals surface area contributed by atoms with Crippen molar-refractivity contribution in [1.29, 1.82) is 0 Å². The first-order valence-corrected chi connectivity index (χ1v) is 4.31. The predicted molar refractivity (Wildman–Crippen MR) is 56.6 cm³/mol. The topological polar surface area (TPSA) is 43.8 Å². The lowest BCUT2D eigenvalue weighted by Gasteiger charge is -1.92. The molecule has 2 aromatic rings. The molecule has 0 bridgehead atoms. The number of nitrogens with zero attached hydrogens (tertiary/aromatic N) is 2. The summed E-state index contributed by atoms with van der Waals surface area (Å²) in [4.78, 5) is 4.65. The Morgan fingerprint density at radius 2 is 2.38 bits per heavy atom. The first-order chi connectivity index (χ1) is 6.20. The molecule has 4 heteroatoms. The van der Waals surface area contributed by atoms with Gasteiger partial charge in [0.05, 0.1) is 0 Å². The molecule has 0 fully saturated rings. The minimum Gasteiger partial charge on any atom is -0.389 e. The minimum atomic E-state index is 0.415. The number of hydrogen-bond acceptors (Lipinski definition) is 2. The number of aromatic nitrogens is 2. The Kier molecular flexibility index (Phi) is 1.77. The van der Waals surface area contributed by atoms with E-state index in [0.29, 0.717) is 4.99 Å². The Labute approximate surface area is 81.2 Å². The Morgan fingerprint density at radius 3 is 3.08 bits per heavy atom. The Bertz CT molecular complexity index is 473. The maximum atomic E-state index is 5.58. The number of hydrogen-bond donors (Lipinski definition) is 1. The zero-order chi connectivity index (χ0) is 9.42. The van der Waals surface area contributed by atoms with Crippen LogP contribution in [0.5, 0.6) is 0 Å². The molecule has 0 aliphatic carbocycles. The van der Waals surface area contributed by atoms with Gasteiger partial charge in [0.15, 0.2) is 0 Å². The summed E-state index contributed by atoms with van der Waals surface area (Å²) in [7, 11) is 1.93. The number of thiocarbonyl (C=S) groups is 1. The van der Waals surface area contributed by atoms with E-state index in [1.54, 1.807) is 6.20 Å². The first-order valence-electron chi connectivity index (χ1n) is 3.90. The molecule has 0 amide bonds. The maximum Gasteiger partial charge on any atom is 0.140 e. The van der Waals surface area contributed by atoms with E-state index in [9.17, 15) is 0 Å². The second-order valence-corrected chi connectivity index (χ2v) is 3.33. The summed E-state index contributed by atoms with van der Waals surface area (Å²) in [5.41, 5.74) is 7.38. The highest BCUT2D eigenvalue weighted by molar-refractivity contribution is 7.80. The molecule has 2 aromatic heterocycles. The second kappa shape index (κ2) is 2.81. The lowest BCUT2D eigenvalue weighted by Crippen LogP contribution is -2.08. The van der Waals surface area contributed by atoms with E-state index in [1.807, 2.05) is 29.9 Å². The molecular formula is C9H9N3S. The minimum absolute atomic E-state index is 0.415. The van der Waals surface area contributed by atoms with Crippen LogP contribution < -0.4 is 5.73 Å². The molecule has 0 unspecified atom stereocenters. The number of fused-ring (bicyclic) bond motifs is 1. The summed E-state index contributed by atoms with van der Waals surface area (Å²) >= 11 is 4.94. The van der Waals surface area contributed by atoms with Crippen LogP contribution in [-0.4, -0.2) is 14.5 Å². The fourth-order valence-electron chi connectivity index (χ4n) is 1.41. The van der Waals surface area contributed by atoms with Crippen LogP contribution in [0.15, 0.2) is 24.5 Å². The Hall–Kier alpha value is -1.42. The van der Waals surface area contributed by atoms with Crippen molar-refractivity contribution in [3.63, 3.8) is 0 Å². The molecular weight excluding hydrogens is 182 g/mol. The third-order valence-electron chi connectivity index (χ3n) is 2.00. The molecule has 0 atom stereocenters. The molecule has 0 aromatic carbocycles. The van der Waals surface area contributed by atoms with E-state index < -0.39 is 0 Å². The molecule has 0 saturated carbocycles. The van der Waals surface area contributed by atoms with Crippen LogP contribution >= 0.6 is 12.2 Å². The maximum absolute atomic E-state index is 5.58. The van der Waals surface area contributed by atoms with Crippen LogP contribution in [0.4, 0.5) is 0 Å². The zero-order valence-corrected chi connectivity index (χ0v) is 8.01. The van der Waals surface area contributed by atoms with Crippen molar-refractivity contribution >= 4 is 28.2 Å². The highest BCUT2D eigenvalue weighted by atomic mass is 32.1. The van der Waals surface area contributed by atoms with E-state index in [0.717, 1.165) is 16.6 Å². The monoisotopic (exact) mass is 191 g/mol. The smallest absolute Gasteiger partial charge is 0.140 e. The van der Waals surface area contributed by atoms with Gasteiger partial charge in [0.1, 0.15) is 10.6 Å². The van der Waals surface area contributed by atoms with Crippen LogP contribution in [0.25, 0.3) is 11.0 Å².